The first kappa shape index (κ1) is 23.8. The molecule has 1 aromatic heterocycles. The Balaban J connectivity index is 1.40. The molecule has 0 amide bonds. The fourth-order valence-electron chi connectivity index (χ4n) is 4.66. The summed E-state index contributed by atoms with van der Waals surface area (Å²) < 4.78 is 6.10. The van der Waals surface area contributed by atoms with E-state index in [2.05, 4.69) is 48.1 Å². The standard InChI is InChI=1S/C28H42N2O/c1-3-5-7-8-9-11-25-20-29-28(30-21-25)26-16-18-27(19-17-26)31-22-24-14-12-23(13-15-24)10-6-4-2/h16-21,23-24H,3-15,22H2,1-2H3. The number of nitrogens with zero attached hydrogens (tertiary/aromatic N) is 2. The third-order valence-electron chi connectivity index (χ3n) is 6.80. The van der Waals surface area contributed by atoms with E-state index in [0.717, 1.165) is 42.0 Å². The van der Waals surface area contributed by atoms with Crippen LogP contribution in [-0.4, -0.2) is 16.6 Å². The lowest BCUT2D eigenvalue weighted by Gasteiger charge is -2.28. The average molecular weight is 423 g/mol. The molecule has 3 nitrogen and oxygen atoms in total. The van der Waals surface area contributed by atoms with Gasteiger partial charge >= 0.3 is 0 Å². The van der Waals surface area contributed by atoms with Crippen molar-refractivity contribution in [2.45, 2.75) is 97.3 Å². The molecule has 1 aromatic carbocycles. The first-order valence-corrected chi connectivity index (χ1v) is 12.8. The quantitative estimate of drug-likeness (QED) is 0.306. The molecular weight excluding hydrogens is 380 g/mol. The second kappa shape index (κ2) is 13.5. The second-order valence-corrected chi connectivity index (χ2v) is 9.44. The van der Waals surface area contributed by atoms with E-state index in [1.807, 2.05) is 12.4 Å². The molecule has 0 atom stereocenters. The molecule has 170 valence electrons. The van der Waals surface area contributed by atoms with E-state index in [0.29, 0.717) is 0 Å². The number of hydrogen-bond donors (Lipinski definition) is 0. The predicted molar refractivity (Wildman–Crippen MR) is 130 cm³/mol. The molecule has 1 aliphatic carbocycles. The molecule has 1 heterocycles. The molecule has 2 aromatic rings. The van der Waals surface area contributed by atoms with Crippen molar-refractivity contribution in [1.29, 1.82) is 0 Å². The van der Waals surface area contributed by atoms with Gasteiger partial charge in [-0.05, 0) is 67.3 Å². The summed E-state index contributed by atoms with van der Waals surface area (Å²) in [4.78, 5) is 9.18. The van der Waals surface area contributed by atoms with Crippen LogP contribution in [0.15, 0.2) is 36.7 Å². The molecule has 31 heavy (non-hydrogen) atoms. The molecule has 0 N–H and O–H groups in total. The van der Waals surface area contributed by atoms with Crippen LogP contribution in [0.1, 0.15) is 96.5 Å². The van der Waals surface area contributed by atoms with Gasteiger partial charge in [0.2, 0.25) is 0 Å². The monoisotopic (exact) mass is 422 g/mol. The van der Waals surface area contributed by atoms with E-state index in [1.54, 1.807) is 0 Å². The van der Waals surface area contributed by atoms with Gasteiger partial charge in [0, 0.05) is 18.0 Å². The van der Waals surface area contributed by atoms with Gasteiger partial charge in [-0.25, -0.2) is 9.97 Å². The molecule has 0 unspecified atom stereocenters. The van der Waals surface area contributed by atoms with Crippen LogP contribution in [0.25, 0.3) is 11.4 Å². The second-order valence-electron chi connectivity index (χ2n) is 9.44. The summed E-state index contributed by atoms with van der Waals surface area (Å²) in [5, 5.41) is 0. The highest BCUT2D eigenvalue weighted by atomic mass is 16.5. The van der Waals surface area contributed by atoms with E-state index in [4.69, 9.17) is 4.74 Å². The van der Waals surface area contributed by atoms with Crippen molar-refractivity contribution in [2.24, 2.45) is 11.8 Å². The zero-order chi connectivity index (χ0) is 21.7. The van der Waals surface area contributed by atoms with Gasteiger partial charge < -0.3 is 4.74 Å². The fourth-order valence-corrected chi connectivity index (χ4v) is 4.66. The summed E-state index contributed by atoms with van der Waals surface area (Å²) in [6, 6.07) is 8.29. The number of ether oxygens (including phenoxy) is 1. The fraction of sp³-hybridized carbons (Fsp3) is 0.643. The maximum absolute atomic E-state index is 6.10. The minimum absolute atomic E-state index is 0.718. The van der Waals surface area contributed by atoms with Crippen molar-refractivity contribution in [2.75, 3.05) is 6.61 Å². The first-order chi connectivity index (χ1) is 15.3. The first-order valence-electron chi connectivity index (χ1n) is 12.8. The summed E-state index contributed by atoms with van der Waals surface area (Å²) in [5.41, 5.74) is 2.29. The molecule has 0 saturated heterocycles. The summed E-state index contributed by atoms with van der Waals surface area (Å²) >= 11 is 0. The van der Waals surface area contributed by atoms with Gasteiger partial charge in [0.25, 0.3) is 0 Å². The van der Waals surface area contributed by atoms with Gasteiger partial charge in [-0.1, -0.05) is 71.6 Å². The zero-order valence-corrected chi connectivity index (χ0v) is 19.8. The van der Waals surface area contributed by atoms with Gasteiger partial charge in [0.1, 0.15) is 5.75 Å². The van der Waals surface area contributed by atoms with Gasteiger partial charge in [0.05, 0.1) is 6.61 Å². The van der Waals surface area contributed by atoms with Crippen molar-refractivity contribution >= 4 is 0 Å². The van der Waals surface area contributed by atoms with Crippen LogP contribution < -0.4 is 4.74 Å². The lowest BCUT2D eigenvalue weighted by molar-refractivity contribution is 0.178. The molecule has 0 bridgehead atoms. The topological polar surface area (TPSA) is 35.0 Å². The van der Waals surface area contributed by atoms with E-state index < -0.39 is 0 Å². The normalized spacial score (nSPS) is 18.8. The number of aryl methyl sites for hydroxylation is 1. The molecule has 1 fully saturated rings. The maximum Gasteiger partial charge on any atom is 0.159 e. The maximum atomic E-state index is 6.10. The SMILES string of the molecule is CCCCCCCc1cnc(-c2ccc(OCC3CCC(CCCC)CC3)cc2)nc1. The van der Waals surface area contributed by atoms with E-state index in [-0.39, 0.29) is 0 Å². The lowest BCUT2D eigenvalue weighted by atomic mass is 9.80. The number of hydrogen-bond acceptors (Lipinski definition) is 3. The summed E-state index contributed by atoms with van der Waals surface area (Å²) in [5.74, 6) is 3.44. The Morgan fingerprint density at radius 2 is 1.42 bits per heavy atom. The van der Waals surface area contributed by atoms with E-state index in [9.17, 15) is 0 Å². The molecule has 0 radical (unpaired) electrons. The number of aromatic nitrogens is 2. The van der Waals surface area contributed by atoms with Crippen LogP contribution in [0, 0.1) is 11.8 Å². The van der Waals surface area contributed by atoms with E-state index in [1.165, 1.54) is 82.6 Å². The number of unbranched alkanes of at least 4 members (excludes halogenated alkanes) is 5. The Hall–Kier alpha value is -1.90. The Morgan fingerprint density at radius 3 is 2.10 bits per heavy atom. The Labute approximate surface area is 190 Å². The molecule has 3 rings (SSSR count). The van der Waals surface area contributed by atoms with Crippen molar-refractivity contribution in [3.63, 3.8) is 0 Å². The van der Waals surface area contributed by atoms with Crippen LogP contribution in [0.3, 0.4) is 0 Å². The number of rotatable bonds is 13. The van der Waals surface area contributed by atoms with Crippen molar-refractivity contribution in [1.82, 2.24) is 9.97 Å². The zero-order valence-electron chi connectivity index (χ0n) is 19.8. The smallest absolute Gasteiger partial charge is 0.159 e. The minimum Gasteiger partial charge on any atom is -0.493 e. The highest BCUT2D eigenvalue weighted by Gasteiger charge is 2.21. The molecule has 1 saturated carbocycles. The summed E-state index contributed by atoms with van der Waals surface area (Å²) in [6.07, 6.45) is 21.1. The molecule has 0 spiro atoms. The lowest BCUT2D eigenvalue weighted by Crippen LogP contribution is -2.20. The van der Waals surface area contributed by atoms with E-state index >= 15 is 0 Å². The van der Waals surface area contributed by atoms with Gasteiger partial charge in [0.15, 0.2) is 5.82 Å². The molecule has 1 aliphatic rings. The van der Waals surface area contributed by atoms with Crippen LogP contribution in [0.4, 0.5) is 0 Å². The van der Waals surface area contributed by atoms with Gasteiger partial charge in [-0.15, -0.1) is 0 Å². The largest absolute Gasteiger partial charge is 0.493 e. The number of benzene rings is 1. The minimum atomic E-state index is 0.718. The van der Waals surface area contributed by atoms with Crippen LogP contribution in [0.5, 0.6) is 5.75 Å². The van der Waals surface area contributed by atoms with Crippen molar-refractivity contribution in [3.05, 3.63) is 42.2 Å². The van der Waals surface area contributed by atoms with Crippen molar-refractivity contribution < 1.29 is 4.74 Å². The Morgan fingerprint density at radius 1 is 0.774 bits per heavy atom. The molecule has 3 heteroatoms. The third kappa shape index (κ3) is 8.27. The van der Waals surface area contributed by atoms with Gasteiger partial charge in [-0.2, -0.15) is 0 Å². The third-order valence-corrected chi connectivity index (χ3v) is 6.80. The average Bonchev–Trinajstić information content (AvgIpc) is 2.83. The van der Waals surface area contributed by atoms with Gasteiger partial charge in [-0.3, -0.25) is 0 Å². The highest BCUT2D eigenvalue weighted by molar-refractivity contribution is 5.55. The Bertz CT molecular complexity index is 718. The highest BCUT2D eigenvalue weighted by Crippen LogP contribution is 2.32. The van der Waals surface area contributed by atoms with Crippen LogP contribution in [0.2, 0.25) is 0 Å². The Kier molecular flexibility index (Phi) is 10.3. The molecule has 0 aliphatic heterocycles. The summed E-state index contributed by atoms with van der Waals surface area (Å²) in [6.45, 7) is 5.40. The van der Waals surface area contributed by atoms with Crippen LogP contribution in [-0.2, 0) is 6.42 Å². The van der Waals surface area contributed by atoms with Crippen LogP contribution >= 0.6 is 0 Å². The van der Waals surface area contributed by atoms with Crippen molar-refractivity contribution in [3.8, 4) is 17.1 Å². The summed E-state index contributed by atoms with van der Waals surface area (Å²) in [7, 11) is 0. The predicted octanol–water partition coefficient (Wildman–Crippen LogP) is 8.03. The molecular formula is C28H42N2O.